The van der Waals surface area contributed by atoms with Gasteiger partial charge in [0.2, 0.25) is 5.65 Å². The fourth-order valence-corrected chi connectivity index (χ4v) is 4.72. The molecule has 2 aromatic heterocycles. The summed E-state index contributed by atoms with van der Waals surface area (Å²) in [6.07, 6.45) is 0. The highest BCUT2D eigenvalue weighted by Gasteiger charge is 2.27. The Morgan fingerprint density at radius 1 is 0.875 bits per heavy atom. The van der Waals surface area contributed by atoms with Crippen LogP contribution in [0.2, 0.25) is 0 Å². The normalized spacial score (nSPS) is 11.7. The second-order valence-electron chi connectivity index (χ2n) is 7.12. The largest absolute Gasteiger partial charge is 0.497 e. The number of para-hydroxylation sites is 2. The van der Waals surface area contributed by atoms with Gasteiger partial charge >= 0.3 is 0 Å². The first-order valence-electron chi connectivity index (χ1n) is 9.83. The predicted octanol–water partition coefficient (Wildman–Crippen LogP) is 3.78. The molecule has 0 aliphatic carbocycles. The third-order valence-corrected chi connectivity index (χ3v) is 7.02. The SMILES string of the molecule is COc1ccc(S(=O)(=O)N(C)c2nc3ccccc3n3c(-c4ccccc4)nnc23)cc1. The zero-order valence-corrected chi connectivity index (χ0v) is 18.2. The van der Waals surface area contributed by atoms with Crippen LogP contribution in [0.4, 0.5) is 5.82 Å². The van der Waals surface area contributed by atoms with E-state index in [1.54, 1.807) is 12.1 Å². The molecule has 0 unspecified atom stereocenters. The summed E-state index contributed by atoms with van der Waals surface area (Å²) in [6.45, 7) is 0. The van der Waals surface area contributed by atoms with E-state index in [-0.39, 0.29) is 10.7 Å². The Balaban J connectivity index is 1.74. The average Bonchev–Trinajstić information content (AvgIpc) is 3.29. The van der Waals surface area contributed by atoms with Crippen molar-refractivity contribution < 1.29 is 13.2 Å². The van der Waals surface area contributed by atoms with Crippen LogP contribution in [-0.2, 0) is 10.0 Å². The van der Waals surface area contributed by atoms with E-state index in [0.29, 0.717) is 22.7 Å². The van der Waals surface area contributed by atoms with Gasteiger partial charge in [-0.1, -0.05) is 42.5 Å². The second-order valence-corrected chi connectivity index (χ2v) is 9.09. The summed E-state index contributed by atoms with van der Waals surface area (Å²) < 4.78 is 34.9. The topological polar surface area (TPSA) is 89.7 Å². The molecule has 0 radical (unpaired) electrons. The summed E-state index contributed by atoms with van der Waals surface area (Å²) in [6, 6.07) is 23.3. The summed E-state index contributed by atoms with van der Waals surface area (Å²) >= 11 is 0. The van der Waals surface area contributed by atoms with E-state index >= 15 is 0 Å². The van der Waals surface area contributed by atoms with Gasteiger partial charge in [-0.3, -0.25) is 4.40 Å². The van der Waals surface area contributed by atoms with Gasteiger partial charge in [0.1, 0.15) is 5.75 Å². The monoisotopic (exact) mass is 445 g/mol. The molecule has 8 nitrogen and oxygen atoms in total. The van der Waals surface area contributed by atoms with Crippen LogP contribution in [0.5, 0.6) is 5.75 Å². The molecule has 32 heavy (non-hydrogen) atoms. The van der Waals surface area contributed by atoms with Crippen molar-refractivity contribution in [2.24, 2.45) is 0 Å². The zero-order chi connectivity index (χ0) is 22.3. The minimum atomic E-state index is -3.90. The van der Waals surface area contributed by atoms with Gasteiger partial charge in [-0.05, 0) is 36.4 Å². The molecule has 0 aliphatic rings. The van der Waals surface area contributed by atoms with Gasteiger partial charge in [-0.25, -0.2) is 17.7 Å². The minimum absolute atomic E-state index is 0.122. The molecule has 0 bridgehead atoms. The second kappa shape index (κ2) is 7.61. The van der Waals surface area contributed by atoms with Crippen LogP contribution in [0.1, 0.15) is 0 Å². The van der Waals surface area contributed by atoms with E-state index in [4.69, 9.17) is 4.74 Å². The molecule has 2 heterocycles. The van der Waals surface area contributed by atoms with Crippen molar-refractivity contribution in [1.82, 2.24) is 19.6 Å². The summed E-state index contributed by atoms with van der Waals surface area (Å²) in [5.41, 5.74) is 2.62. The average molecular weight is 446 g/mol. The molecule has 0 aliphatic heterocycles. The minimum Gasteiger partial charge on any atom is -0.497 e. The van der Waals surface area contributed by atoms with Crippen molar-refractivity contribution in [3.8, 4) is 17.1 Å². The Morgan fingerprint density at radius 2 is 1.56 bits per heavy atom. The van der Waals surface area contributed by atoms with Crippen LogP contribution in [-0.4, -0.2) is 42.2 Å². The van der Waals surface area contributed by atoms with Crippen LogP contribution in [0.15, 0.2) is 83.8 Å². The molecule has 3 aromatic carbocycles. The number of rotatable bonds is 5. The standard InChI is InChI=1S/C23H19N5O3S/c1-27(32(29,30)18-14-12-17(31-2)13-15-18)22-23-26-25-21(16-8-4-3-5-9-16)28(23)20-11-7-6-10-19(20)24-22/h3-15H,1-2H3. The van der Waals surface area contributed by atoms with Gasteiger partial charge in [0.25, 0.3) is 10.0 Å². The smallest absolute Gasteiger partial charge is 0.265 e. The Morgan fingerprint density at radius 3 is 2.28 bits per heavy atom. The molecule has 0 spiro atoms. The lowest BCUT2D eigenvalue weighted by Gasteiger charge is -2.20. The molecule has 9 heteroatoms. The first kappa shape index (κ1) is 20.0. The van der Waals surface area contributed by atoms with Crippen molar-refractivity contribution in [2.75, 3.05) is 18.5 Å². The van der Waals surface area contributed by atoms with Crippen molar-refractivity contribution in [3.63, 3.8) is 0 Å². The number of nitrogens with zero attached hydrogens (tertiary/aromatic N) is 5. The van der Waals surface area contributed by atoms with Gasteiger partial charge in [0.15, 0.2) is 11.6 Å². The number of anilines is 1. The quantitative estimate of drug-likeness (QED) is 0.409. The first-order valence-corrected chi connectivity index (χ1v) is 11.3. The van der Waals surface area contributed by atoms with E-state index in [1.807, 2.05) is 59.0 Å². The fraction of sp³-hybridized carbons (Fsp3) is 0.0870. The Labute approximate surface area is 184 Å². The molecule has 0 amide bonds. The number of ether oxygens (including phenoxy) is 1. The predicted molar refractivity (Wildman–Crippen MR) is 122 cm³/mol. The molecule has 5 aromatic rings. The summed E-state index contributed by atoms with van der Waals surface area (Å²) in [5, 5.41) is 8.70. The lowest BCUT2D eigenvalue weighted by atomic mass is 10.2. The van der Waals surface area contributed by atoms with E-state index < -0.39 is 10.0 Å². The molecular formula is C23H19N5O3S. The number of hydrogen-bond donors (Lipinski definition) is 0. The van der Waals surface area contributed by atoms with E-state index in [1.165, 1.54) is 26.3 Å². The third kappa shape index (κ3) is 3.14. The van der Waals surface area contributed by atoms with Crippen LogP contribution in [0.3, 0.4) is 0 Å². The van der Waals surface area contributed by atoms with Gasteiger partial charge in [0, 0.05) is 12.6 Å². The number of benzene rings is 3. The Kier molecular flexibility index (Phi) is 4.75. The number of methoxy groups -OCH3 is 1. The van der Waals surface area contributed by atoms with Crippen LogP contribution in [0, 0.1) is 0 Å². The van der Waals surface area contributed by atoms with Crippen molar-refractivity contribution in [3.05, 3.63) is 78.9 Å². The highest BCUT2D eigenvalue weighted by molar-refractivity contribution is 7.92. The Bertz CT molecular complexity index is 1530. The summed E-state index contributed by atoms with van der Waals surface area (Å²) in [7, 11) is -0.904. The molecule has 0 N–H and O–H groups in total. The molecule has 0 atom stereocenters. The zero-order valence-electron chi connectivity index (χ0n) is 17.4. The molecule has 160 valence electrons. The first-order chi connectivity index (χ1) is 15.5. The van der Waals surface area contributed by atoms with Gasteiger partial charge in [0.05, 0.1) is 23.0 Å². The maximum absolute atomic E-state index is 13.4. The summed E-state index contributed by atoms with van der Waals surface area (Å²) in [4.78, 5) is 4.76. The number of sulfonamides is 1. The molecule has 0 saturated heterocycles. The number of aromatic nitrogens is 4. The lowest BCUT2D eigenvalue weighted by molar-refractivity contribution is 0.414. The highest BCUT2D eigenvalue weighted by atomic mass is 32.2. The van der Waals surface area contributed by atoms with E-state index in [2.05, 4.69) is 15.2 Å². The van der Waals surface area contributed by atoms with Crippen LogP contribution < -0.4 is 9.04 Å². The molecule has 5 rings (SSSR count). The van der Waals surface area contributed by atoms with Crippen molar-refractivity contribution in [1.29, 1.82) is 0 Å². The number of fused-ring (bicyclic) bond motifs is 3. The van der Waals surface area contributed by atoms with E-state index in [9.17, 15) is 8.42 Å². The lowest BCUT2D eigenvalue weighted by Crippen LogP contribution is -2.28. The van der Waals surface area contributed by atoms with E-state index in [0.717, 1.165) is 15.4 Å². The van der Waals surface area contributed by atoms with Crippen LogP contribution >= 0.6 is 0 Å². The maximum Gasteiger partial charge on any atom is 0.265 e. The fourth-order valence-electron chi connectivity index (χ4n) is 3.57. The van der Waals surface area contributed by atoms with Gasteiger partial charge in [-0.2, -0.15) is 0 Å². The molecule has 0 fully saturated rings. The number of hydrogen-bond acceptors (Lipinski definition) is 6. The third-order valence-electron chi connectivity index (χ3n) is 5.26. The molecular weight excluding hydrogens is 426 g/mol. The summed E-state index contributed by atoms with van der Waals surface area (Å²) in [5.74, 6) is 1.37. The Hall–Kier alpha value is -3.98. The highest BCUT2D eigenvalue weighted by Crippen LogP contribution is 2.30. The van der Waals surface area contributed by atoms with Crippen molar-refractivity contribution >= 4 is 32.5 Å². The van der Waals surface area contributed by atoms with Crippen LogP contribution in [0.25, 0.3) is 28.1 Å². The van der Waals surface area contributed by atoms with Gasteiger partial charge < -0.3 is 4.74 Å². The van der Waals surface area contributed by atoms with Gasteiger partial charge in [-0.15, -0.1) is 10.2 Å². The maximum atomic E-state index is 13.4. The molecule has 0 saturated carbocycles. The van der Waals surface area contributed by atoms with Crippen molar-refractivity contribution in [2.45, 2.75) is 4.90 Å².